The second kappa shape index (κ2) is 4.66. The van der Waals surface area contributed by atoms with Crippen molar-refractivity contribution in [2.45, 2.75) is 32.4 Å². The van der Waals surface area contributed by atoms with Gasteiger partial charge in [-0.3, -0.25) is 4.79 Å². The van der Waals surface area contributed by atoms with Crippen molar-refractivity contribution in [3.63, 3.8) is 0 Å². The average molecular weight is 220 g/mol. The SMILES string of the molecule is CC(C)N(C)C(=O)C(C)(N)c1ccccc1. The van der Waals surface area contributed by atoms with Crippen LogP contribution in [-0.4, -0.2) is 23.9 Å². The zero-order chi connectivity index (χ0) is 12.3. The van der Waals surface area contributed by atoms with Gasteiger partial charge in [0.2, 0.25) is 5.91 Å². The maximum absolute atomic E-state index is 12.2. The first-order valence-electron chi connectivity index (χ1n) is 5.49. The van der Waals surface area contributed by atoms with Crippen LogP contribution in [-0.2, 0) is 10.3 Å². The van der Waals surface area contributed by atoms with E-state index in [4.69, 9.17) is 5.73 Å². The summed E-state index contributed by atoms with van der Waals surface area (Å²) in [7, 11) is 1.78. The van der Waals surface area contributed by atoms with Crippen molar-refractivity contribution in [1.29, 1.82) is 0 Å². The van der Waals surface area contributed by atoms with Gasteiger partial charge in [0.25, 0.3) is 0 Å². The molecule has 0 aliphatic rings. The van der Waals surface area contributed by atoms with E-state index in [1.807, 2.05) is 44.2 Å². The lowest BCUT2D eigenvalue weighted by Crippen LogP contribution is -2.51. The lowest BCUT2D eigenvalue weighted by atomic mass is 9.91. The van der Waals surface area contributed by atoms with E-state index in [1.165, 1.54) is 0 Å². The summed E-state index contributed by atoms with van der Waals surface area (Å²) >= 11 is 0. The number of amides is 1. The number of likely N-dealkylation sites (N-methyl/N-ethyl adjacent to an activating group) is 1. The third-order valence-electron chi connectivity index (χ3n) is 2.91. The van der Waals surface area contributed by atoms with Crippen LogP contribution in [0.2, 0.25) is 0 Å². The van der Waals surface area contributed by atoms with Gasteiger partial charge < -0.3 is 10.6 Å². The number of nitrogens with two attached hydrogens (primary N) is 1. The number of carbonyl (C=O) groups is 1. The molecule has 1 rings (SSSR count). The highest BCUT2D eigenvalue weighted by molar-refractivity contribution is 5.87. The highest BCUT2D eigenvalue weighted by atomic mass is 16.2. The molecule has 0 radical (unpaired) electrons. The Morgan fingerprint density at radius 1 is 1.31 bits per heavy atom. The van der Waals surface area contributed by atoms with Crippen LogP contribution >= 0.6 is 0 Å². The van der Waals surface area contributed by atoms with Gasteiger partial charge in [0.15, 0.2) is 0 Å². The molecule has 0 spiro atoms. The number of benzene rings is 1. The zero-order valence-electron chi connectivity index (χ0n) is 10.4. The van der Waals surface area contributed by atoms with Crippen LogP contribution in [0.15, 0.2) is 30.3 Å². The number of hydrogen-bond donors (Lipinski definition) is 1. The summed E-state index contributed by atoms with van der Waals surface area (Å²) in [6.45, 7) is 5.70. The van der Waals surface area contributed by atoms with Crippen LogP contribution in [0.1, 0.15) is 26.3 Å². The highest BCUT2D eigenvalue weighted by Crippen LogP contribution is 2.20. The standard InChI is InChI=1S/C13H20N2O/c1-10(2)15(4)12(16)13(3,14)11-8-6-5-7-9-11/h5-10H,14H2,1-4H3. The molecule has 1 amide bonds. The van der Waals surface area contributed by atoms with Crippen LogP contribution in [0.3, 0.4) is 0 Å². The van der Waals surface area contributed by atoms with Gasteiger partial charge in [-0.05, 0) is 26.3 Å². The van der Waals surface area contributed by atoms with Crippen molar-refractivity contribution in [2.24, 2.45) is 5.73 Å². The van der Waals surface area contributed by atoms with Gasteiger partial charge in [-0.1, -0.05) is 30.3 Å². The molecule has 3 nitrogen and oxygen atoms in total. The topological polar surface area (TPSA) is 46.3 Å². The minimum atomic E-state index is -0.958. The summed E-state index contributed by atoms with van der Waals surface area (Å²) in [5.74, 6) is -0.0614. The van der Waals surface area contributed by atoms with Crippen molar-refractivity contribution in [3.05, 3.63) is 35.9 Å². The normalized spacial score (nSPS) is 14.6. The quantitative estimate of drug-likeness (QED) is 0.843. The van der Waals surface area contributed by atoms with E-state index in [1.54, 1.807) is 18.9 Å². The van der Waals surface area contributed by atoms with E-state index in [-0.39, 0.29) is 11.9 Å². The lowest BCUT2D eigenvalue weighted by molar-refractivity contribution is -0.136. The minimum absolute atomic E-state index is 0.0614. The van der Waals surface area contributed by atoms with E-state index in [9.17, 15) is 4.79 Å². The van der Waals surface area contributed by atoms with Crippen molar-refractivity contribution in [2.75, 3.05) is 7.05 Å². The third kappa shape index (κ3) is 2.42. The van der Waals surface area contributed by atoms with Crippen LogP contribution in [0.5, 0.6) is 0 Å². The number of carbonyl (C=O) groups excluding carboxylic acids is 1. The Morgan fingerprint density at radius 2 is 1.81 bits per heavy atom. The first-order valence-corrected chi connectivity index (χ1v) is 5.49. The molecule has 88 valence electrons. The maximum Gasteiger partial charge on any atom is 0.246 e. The molecule has 1 atom stereocenters. The molecule has 0 bridgehead atoms. The fraction of sp³-hybridized carbons (Fsp3) is 0.462. The molecule has 1 aromatic carbocycles. The molecule has 3 heteroatoms. The molecule has 0 saturated carbocycles. The fourth-order valence-electron chi connectivity index (χ4n) is 1.51. The fourth-order valence-corrected chi connectivity index (χ4v) is 1.51. The molecule has 1 unspecified atom stereocenters. The molecule has 0 aliphatic heterocycles. The first kappa shape index (κ1) is 12.7. The van der Waals surface area contributed by atoms with Crippen LogP contribution in [0.25, 0.3) is 0 Å². The summed E-state index contributed by atoms with van der Waals surface area (Å²) < 4.78 is 0. The molecular weight excluding hydrogens is 200 g/mol. The van der Waals surface area contributed by atoms with E-state index in [2.05, 4.69) is 0 Å². The van der Waals surface area contributed by atoms with Crippen molar-refractivity contribution in [1.82, 2.24) is 4.90 Å². The summed E-state index contributed by atoms with van der Waals surface area (Å²) in [6.07, 6.45) is 0. The van der Waals surface area contributed by atoms with Crippen LogP contribution in [0, 0.1) is 0 Å². The van der Waals surface area contributed by atoms with Crippen molar-refractivity contribution < 1.29 is 4.79 Å². The van der Waals surface area contributed by atoms with E-state index < -0.39 is 5.54 Å². The molecule has 0 saturated heterocycles. The lowest BCUT2D eigenvalue weighted by Gasteiger charge is -2.32. The van der Waals surface area contributed by atoms with E-state index in [0.29, 0.717) is 0 Å². The minimum Gasteiger partial charge on any atom is -0.341 e. The third-order valence-corrected chi connectivity index (χ3v) is 2.91. The number of rotatable bonds is 3. The van der Waals surface area contributed by atoms with E-state index in [0.717, 1.165) is 5.56 Å². The van der Waals surface area contributed by atoms with Gasteiger partial charge in [-0.25, -0.2) is 0 Å². The molecule has 0 fully saturated rings. The number of nitrogens with zero attached hydrogens (tertiary/aromatic N) is 1. The molecule has 0 aromatic heterocycles. The predicted octanol–water partition coefficient (Wildman–Crippen LogP) is 1.73. The van der Waals surface area contributed by atoms with Crippen molar-refractivity contribution >= 4 is 5.91 Å². The molecule has 0 aliphatic carbocycles. The van der Waals surface area contributed by atoms with E-state index >= 15 is 0 Å². The van der Waals surface area contributed by atoms with Gasteiger partial charge >= 0.3 is 0 Å². The Balaban J connectivity index is 2.99. The van der Waals surface area contributed by atoms with Gasteiger partial charge in [-0.15, -0.1) is 0 Å². The summed E-state index contributed by atoms with van der Waals surface area (Å²) in [5.41, 5.74) is 6.01. The van der Waals surface area contributed by atoms with Crippen molar-refractivity contribution in [3.8, 4) is 0 Å². The van der Waals surface area contributed by atoms with Gasteiger partial charge in [0.05, 0.1) is 0 Å². The van der Waals surface area contributed by atoms with Gasteiger partial charge in [0.1, 0.15) is 5.54 Å². The largest absolute Gasteiger partial charge is 0.341 e. The summed E-state index contributed by atoms with van der Waals surface area (Å²) in [4.78, 5) is 13.9. The Labute approximate surface area is 97.2 Å². The van der Waals surface area contributed by atoms with Crippen LogP contribution < -0.4 is 5.73 Å². The molecular formula is C13H20N2O. The number of hydrogen-bond acceptors (Lipinski definition) is 2. The molecule has 0 heterocycles. The molecule has 2 N–H and O–H groups in total. The summed E-state index contributed by atoms with van der Waals surface area (Å²) in [6, 6.07) is 9.61. The smallest absolute Gasteiger partial charge is 0.246 e. The Hall–Kier alpha value is -1.35. The monoisotopic (exact) mass is 220 g/mol. The van der Waals surface area contributed by atoms with Crippen LogP contribution in [0.4, 0.5) is 0 Å². The first-order chi connectivity index (χ1) is 7.37. The van der Waals surface area contributed by atoms with Gasteiger partial charge in [0, 0.05) is 13.1 Å². The Kier molecular flexibility index (Phi) is 3.70. The summed E-state index contributed by atoms with van der Waals surface area (Å²) in [5, 5.41) is 0. The Bertz CT molecular complexity index is 357. The highest BCUT2D eigenvalue weighted by Gasteiger charge is 2.33. The zero-order valence-corrected chi connectivity index (χ0v) is 10.4. The second-order valence-corrected chi connectivity index (χ2v) is 4.58. The predicted molar refractivity (Wildman–Crippen MR) is 65.9 cm³/mol. The Morgan fingerprint density at radius 3 is 2.25 bits per heavy atom. The van der Waals surface area contributed by atoms with Gasteiger partial charge in [-0.2, -0.15) is 0 Å². The molecule has 16 heavy (non-hydrogen) atoms. The average Bonchev–Trinajstić information content (AvgIpc) is 2.28. The molecule has 1 aromatic rings. The maximum atomic E-state index is 12.2. The second-order valence-electron chi connectivity index (χ2n) is 4.58.